The highest BCUT2D eigenvalue weighted by molar-refractivity contribution is 7.89. The van der Waals surface area contributed by atoms with E-state index in [0.29, 0.717) is 55.7 Å². The molecule has 13 nitrogen and oxygen atoms in total. The normalized spacial score (nSPS) is 17.8. The van der Waals surface area contributed by atoms with Gasteiger partial charge in [-0.2, -0.15) is 9.40 Å². The summed E-state index contributed by atoms with van der Waals surface area (Å²) in [5, 5.41) is 5.59. The van der Waals surface area contributed by atoms with Crippen LogP contribution in [0.1, 0.15) is 65.7 Å². The summed E-state index contributed by atoms with van der Waals surface area (Å²) >= 11 is 6.62. The second-order valence-corrected chi connectivity index (χ2v) is 17.9. The van der Waals surface area contributed by atoms with Crippen molar-refractivity contribution in [3.63, 3.8) is 0 Å². The number of piperidine rings is 1. The molecule has 1 N–H and O–H groups in total. The Balaban J connectivity index is 1.12. The van der Waals surface area contributed by atoms with Crippen LogP contribution in [-0.2, 0) is 55.5 Å². The van der Waals surface area contributed by atoms with Crippen LogP contribution >= 0.6 is 11.6 Å². The quantitative estimate of drug-likeness (QED) is 0.191. The summed E-state index contributed by atoms with van der Waals surface area (Å²) in [4.78, 5) is 28.7. The van der Waals surface area contributed by atoms with Crippen molar-refractivity contribution in [1.29, 1.82) is 0 Å². The van der Waals surface area contributed by atoms with E-state index in [4.69, 9.17) is 21.4 Å². The van der Waals surface area contributed by atoms with Crippen LogP contribution in [0.5, 0.6) is 0 Å². The topological polar surface area (TPSA) is 151 Å². The van der Waals surface area contributed by atoms with Crippen molar-refractivity contribution in [3.8, 4) is 11.3 Å². The standard InChI is InChI=1S/C36H47ClN6O7S2/c1-50-36(45)29-9-3-4-10-33(29)52(48,49)38-17-5-8-26-24-27(12-13-31(26)37)35-30-25-41(51(2,46)47)23-16-32(30)43(39-35)20-7-18-40-21-14-28(15-22-40)42-19-6-11-34(42)44/h3-4,9-10,12-13,24,28,38H,5-8,11,14-23,25H2,1-2H3. The zero-order valence-electron chi connectivity index (χ0n) is 29.7. The number of sulfonamides is 2. The smallest absolute Gasteiger partial charge is 0.339 e. The highest BCUT2D eigenvalue weighted by Crippen LogP contribution is 2.33. The Hall–Kier alpha value is -3.34. The van der Waals surface area contributed by atoms with Crippen molar-refractivity contribution in [3.05, 3.63) is 69.9 Å². The summed E-state index contributed by atoms with van der Waals surface area (Å²) in [5.41, 5.74) is 4.24. The number of benzene rings is 2. The number of aryl methyl sites for hydroxylation is 2. The Morgan fingerprint density at radius 2 is 1.77 bits per heavy atom. The first-order valence-corrected chi connectivity index (χ1v) is 21.6. The summed E-state index contributed by atoms with van der Waals surface area (Å²) in [6.07, 6.45) is 7.23. The van der Waals surface area contributed by atoms with E-state index in [1.165, 1.54) is 29.8 Å². The van der Waals surface area contributed by atoms with E-state index in [2.05, 4.69) is 14.5 Å². The lowest BCUT2D eigenvalue weighted by atomic mass is 9.99. The number of hydrogen-bond donors (Lipinski definition) is 1. The number of nitrogens with one attached hydrogen (secondary N) is 1. The van der Waals surface area contributed by atoms with Gasteiger partial charge in [0, 0.05) is 86.5 Å². The van der Waals surface area contributed by atoms with Crippen LogP contribution in [0.4, 0.5) is 0 Å². The third-order valence-electron chi connectivity index (χ3n) is 10.3. The Bertz CT molecular complexity index is 2010. The third kappa shape index (κ3) is 8.71. The van der Waals surface area contributed by atoms with E-state index in [1.807, 2.05) is 16.8 Å². The maximum atomic E-state index is 13.0. The summed E-state index contributed by atoms with van der Waals surface area (Å²) in [6.45, 7) is 5.18. The molecule has 3 aromatic rings. The zero-order chi connectivity index (χ0) is 37.0. The molecule has 2 fully saturated rings. The molecule has 3 aliphatic heterocycles. The van der Waals surface area contributed by atoms with Gasteiger partial charge in [-0.1, -0.05) is 29.8 Å². The predicted octanol–water partition coefficient (Wildman–Crippen LogP) is 3.70. The molecule has 2 saturated heterocycles. The van der Waals surface area contributed by atoms with Gasteiger partial charge in [0.1, 0.15) is 0 Å². The van der Waals surface area contributed by atoms with Gasteiger partial charge in [-0.3, -0.25) is 9.48 Å². The van der Waals surface area contributed by atoms with E-state index in [0.717, 1.165) is 79.9 Å². The molecule has 0 aliphatic carbocycles. The second kappa shape index (κ2) is 16.4. The van der Waals surface area contributed by atoms with E-state index in [-0.39, 0.29) is 23.5 Å². The number of nitrogens with zero attached hydrogens (tertiary/aromatic N) is 5. The number of rotatable bonds is 14. The maximum Gasteiger partial charge on any atom is 0.339 e. The minimum atomic E-state index is -3.98. The van der Waals surface area contributed by atoms with Crippen LogP contribution in [0.3, 0.4) is 0 Å². The minimum absolute atomic E-state index is 0.0401. The zero-order valence-corrected chi connectivity index (χ0v) is 32.1. The number of carbonyl (C=O) groups is 2. The summed E-state index contributed by atoms with van der Waals surface area (Å²) in [6, 6.07) is 11.9. The number of likely N-dealkylation sites (tertiary alicyclic amines) is 2. The van der Waals surface area contributed by atoms with Crippen LogP contribution < -0.4 is 4.72 Å². The highest BCUT2D eigenvalue weighted by atomic mass is 35.5. The maximum absolute atomic E-state index is 13.0. The van der Waals surface area contributed by atoms with Gasteiger partial charge in [0.05, 0.1) is 29.5 Å². The van der Waals surface area contributed by atoms with E-state index in [9.17, 15) is 26.4 Å². The van der Waals surface area contributed by atoms with Crippen molar-refractivity contribution in [1.82, 2.24) is 28.6 Å². The summed E-state index contributed by atoms with van der Waals surface area (Å²) < 4.78 is 62.1. The average Bonchev–Trinajstić information content (AvgIpc) is 3.73. The molecule has 52 heavy (non-hydrogen) atoms. The molecule has 2 aromatic carbocycles. The number of aromatic nitrogens is 2. The first kappa shape index (κ1) is 38.4. The molecule has 3 aliphatic rings. The molecule has 4 heterocycles. The highest BCUT2D eigenvalue weighted by Gasteiger charge is 2.32. The molecule has 16 heteroatoms. The summed E-state index contributed by atoms with van der Waals surface area (Å²) in [5.74, 6) is -0.440. The number of hydrogen-bond acceptors (Lipinski definition) is 9. The van der Waals surface area contributed by atoms with Crippen LogP contribution in [0, 0.1) is 0 Å². The fraction of sp³-hybridized carbons (Fsp3) is 0.528. The molecule has 0 spiro atoms. The van der Waals surface area contributed by atoms with Gasteiger partial charge in [-0.05, 0) is 74.9 Å². The van der Waals surface area contributed by atoms with E-state index in [1.54, 1.807) is 18.2 Å². The number of fused-ring (bicyclic) bond motifs is 1. The van der Waals surface area contributed by atoms with Gasteiger partial charge in [-0.15, -0.1) is 0 Å². The van der Waals surface area contributed by atoms with Gasteiger partial charge < -0.3 is 14.5 Å². The number of ether oxygens (including phenoxy) is 1. The average molecular weight is 775 g/mol. The largest absolute Gasteiger partial charge is 0.465 e. The lowest BCUT2D eigenvalue weighted by Crippen LogP contribution is -2.45. The van der Waals surface area contributed by atoms with Crippen LogP contribution in [0.2, 0.25) is 5.02 Å². The molecule has 0 atom stereocenters. The van der Waals surface area contributed by atoms with Crippen molar-refractivity contribution in [2.24, 2.45) is 0 Å². The SMILES string of the molecule is COC(=O)c1ccccc1S(=O)(=O)NCCCc1cc(-c2nn(CCCN3CCC(N4CCCC4=O)CC3)c3c2CN(S(C)(=O)=O)CC3)ccc1Cl. The Morgan fingerprint density at radius 3 is 2.48 bits per heavy atom. The summed E-state index contributed by atoms with van der Waals surface area (Å²) in [7, 11) is -6.19. The van der Waals surface area contributed by atoms with E-state index < -0.39 is 26.0 Å². The van der Waals surface area contributed by atoms with Gasteiger partial charge in [0.25, 0.3) is 0 Å². The van der Waals surface area contributed by atoms with Crippen LogP contribution in [0.15, 0.2) is 47.4 Å². The first-order valence-electron chi connectivity index (χ1n) is 17.9. The fourth-order valence-electron chi connectivity index (χ4n) is 7.58. The molecule has 1 aromatic heterocycles. The Morgan fingerprint density at radius 1 is 1.00 bits per heavy atom. The number of carbonyl (C=O) groups excluding carboxylic acids is 2. The lowest BCUT2D eigenvalue weighted by molar-refractivity contribution is -0.130. The van der Waals surface area contributed by atoms with Crippen molar-refractivity contribution < 1.29 is 31.2 Å². The van der Waals surface area contributed by atoms with Gasteiger partial charge in [-0.25, -0.2) is 26.4 Å². The van der Waals surface area contributed by atoms with Gasteiger partial charge in [0.2, 0.25) is 26.0 Å². The molecule has 0 unspecified atom stereocenters. The molecular weight excluding hydrogens is 728 g/mol. The monoisotopic (exact) mass is 774 g/mol. The number of methoxy groups -OCH3 is 1. The molecule has 0 radical (unpaired) electrons. The minimum Gasteiger partial charge on any atom is -0.465 e. The van der Waals surface area contributed by atoms with Gasteiger partial charge >= 0.3 is 5.97 Å². The molecular formula is C36H47ClN6O7S2. The Kier molecular flexibility index (Phi) is 12.1. The van der Waals surface area contributed by atoms with Crippen LogP contribution in [0.25, 0.3) is 11.3 Å². The van der Waals surface area contributed by atoms with Crippen molar-refractivity contribution in [2.45, 2.75) is 75.4 Å². The molecule has 0 bridgehead atoms. The number of halogens is 1. The second-order valence-electron chi connectivity index (χ2n) is 13.8. The molecule has 6 rings (SSSR count). The fourth-order valence-corrected chi connectivity index (χ4v) is 9.84. The molecule has 1 amide bonds. The number of esters is 1. The van der Waals surface area contributed by atoms with E-state index >= 15 is 0 Å². The van der Waals surface area contributed by atoms with Crippen molar-refractivity contribution >= 4 is 43.5 Å². The first-order chi connectivity index (χ1) is 24.9. The predicted molar refractivity (Wildman–Crippen MR) is 198 cm³/mol. The van der Waals surface area contributed by atoms with Crippen molar-refractivity contribution in [2.75, 3.05) is 52.6 Å². The molecule has 282 valence electrons. The van der Waals surface area contributed by atoms with Gasteiger partial charge in [0.15, 0.2) is 0 Å². The number of amides is 1. The third-order valence-corrected chi connectivity index (χ3v) is 13.5. The molecule has 0 saturated carbocycles. The lowest BCUT2D eigenvalue weighted by Gasteiger charge is -2.36. The van der Waals surface area contributed by atoms with Crippen LogP contribution in [-0.4, -0.2) is 111 Å². The Labute approximate surface area is 311 Å².